The van der Waals surface area contributed by atoms with Crippen LogP contribution in [0.25, 0.3) is 0 Å². The first-order chi connectivity index (χ1) is 8.81. The summed E-state index contributed by atoms with van der Waals surface area (Å²) in [6.07, 6.45) is 0. The molecule has 1 aromatic carbocycles. The van der Waals surface area contributed by atoms with Crippen molar-refractivity contribution in [2.75, 3.05) is 18.0 Å². The molecule has 0 amide bonds. The van der Waals surface area contributed by atoms with Crippen LogP contribution in [0.15, 0.2) is 18.2 Å². The third-order valence-corrected chi connectivity index (χ3v) is 2.99. The van der Waals surface area contributed by atoms with Gasteiger partial charge in [0, 0.05) is 24.8 Å². The van der Waals surface area contributed by atoms with Crippen LogP contribution in [-0.2, 0) is 0 Å². The maximum atomic E-state index is 13.4. The Kier molecular flexibility index (Phi) is 5.80. The lowest BCUT2D eigenvalue weighted by Gasteiger charge is -2.31. The molecule has 0 aromatic heterocycles. The Morgan fingerprint density at radius 1 is 1.05 bits per heavy atom. The second kappa shape index (κ2) is 6.90. The molecule has 108 valence electrons. The first kappa shape index (κ1) is 16.0. The summed E-state index contributed by atoms with van der Waals surface area (Å²) in [4.78, 5) is 2.33. The maximum absolute atomic E-state index is 13.4. The molecule has 1 rings (SSSR count). The Morgan fingerprint density at radius 2 is 1.58 bits per heavy atom. The molecule has 3 heteroatoms. The zero-order valence-electron chi connectivity index (χ0n) is 12.8. The van der Waals surface area contributed by atoms with Crippen molar-refractivity contribution in [3.63, 3.8) is 0 Å². The van der Waals surface area contributed by atoms with E-state index >= 15 is 0 Å². The quantitative estimate of drug-likeness (QED) is 0.844. The van der Waals surface area contributed by atoms with Crippen LogP contribution in [0.2, 0.25) is 0 Å². The Hall–Kier alpha value is -1.09. The van der Waals surface area contributed by atoms with Crippen LogP contribution >= 0.6 is 0 Å². The molecule has 1 atom stereocenters. The van der Waals surface area contributed by atoms with Gasteiger partial charge in [-0.1, -0.05) is 27.7 Å². The first-order valence-electron chi connectivity index (χ1n) is 7.11. The SMILES string of the molecule is CC(C)CN(CC(C)C)c1ccc(F)cc1C(C)N. The summed E-state index contributed by atoms with van der Waals surface area (Å²) < 4.78 is 13.4. The van der Waals surface area contributed by atoms with Crippen LogP contribution in [0.1, 0.15) is 46.2 Å². The Labute approximate surface area is 116 Å². The van der Waals surface area contributed by atoms with Gasteiger partial charge in [0.1, 0.15) is 5.82 Å². The van der Waals surface area contributed by atoms with E-state index in [4.69, 9.17) is 5.73 Å². The summed E-state index contributed by atoms with van der Waals surface area (Å²) in [6.45, 7) is 12.6. The smallest absolute Gasteiger partial charge is 0.123 e. The van der Waals surface area contributed by atoms with Gasteiger partial charge in [-0.2, -0.15) is 0 Å². The number of benzene rings is 1. The van der Waals surface area contributed by atoms with E-state index < -0.39 is 0 Å². The average Bonchev–Trinajstić information content (AvgIpc) is 2.26. The zero-order chi connectivity index (χ0) is 14.6. The molecule has 0 bridgehead atoms. The van der Waals surface area contributed by atoms with Crippen molar-refractivity contribution in [3.8, 4) is 0 Å². The van der Waals surface area contributed by atoms with Crippen LogP contribution < -0.4 is 10.6 Å². The van der Waals surface area contributed by atoms with Crippen molar-refractivity contribution < 1.29 is 4.39 Å². The largest absolute Gasteiger partial charge is 0.371 e. The van der Waals surface area contributed by atoms with Crippen molar-refractivity contribution in [1.29, 1.82) is 0 Å². The molecule has 0 saturated carbocycles. The van der Waals surface area contributed by atoms with Gasteiger partial charge in [-0.25, -0.2) is 4.39 Å². The van der Waals surface area contributed by atoms with Gasteiger partial charge in [0.05, 0.1) is 0 Å². The number of hydrogen-bond donors (Lipinski definition) is 1. The minimum absolute atomic E-state index is 0.160. The summed E-state index contributed by atoms with van der Waals surface area (Å²) in [5.74, 6) is 0.902. The highest BCUT2D eigenvalue weighted by Crippen LogP contribution is 2.27. The number of rotatable bonds is 6. The third kappa shape index (κ3) is 4.83. The molecule has 2 N–H and O–H groups in total. The van der Waals surface area contributed by atoms with Crippen LogP contribution in [-0.4, -0.2) is 13.1 Å². The average molecular weight is 266 g/mol. The maximum Gasteiger partial charge on any atom is 0.123 e. The van der Waals surface area contributed by atoms with E-state index in [-0.39, 0.29) is 11.9 Å². The molecular weight excluding hydrogens is 239 g/mol. The fourth-order valence-electron chi connectivity index (χ4n) is 2.33. The van der Waals surface area contributed by atoms with Gasteiger partial charge in [-0.15, -0.1) is 0 Å². The van der Waals surface area contributed by atoms with E-state index in [0.29, 0.717) is 11.8 Å². The molecule has 0 aliphatic heterocycles. The van der Waals surface area contributed by atoms with Crippen LogP contribution in [0, 0.1) is 17.7 Å². The van der Waals surface area contributed by atoms with Gasteiger partial charge in [0.25, 0.3) is 0 Å². The highest BCUT2D eigenvalue weighted by Gasteiger charge is 2.16. The van der Waals surface area contributed by atoms with Crippen molar-refractivity contribution in [2.45, 2.75) is 40.7 Å². The van der Waals surface area contributed by atoms with E-state index in [1.54, 1.807) is 6.07 Å². The second-order valence-corrected chi connectivity index (χ2v) is 6.18. The van der Waals surface area contributed by atoms with Gasteiger partial charge in [-0.05, 0) is 42.5 Å². The minimum Gasteiger partial charge on any atom is -0.371 e. The molecular formula is C16H27FN2. The molecule has 1 unspecified atom stereocenters. The number of anilines is 1. The molecule has 0 saturated heterocycles. The van der Waals surface area contributed by atoms with E-state index in [2.05, 4.69) is 32.6 Å². The van der Waals surface area contributed by atoms with E-state index in [9.17, 15) is 4.39 Å². The summed E-state index contributed by atoms with van der Waals surface area (Å²) >= 11 is 0. The minimum atomic E-state index is -0.218. The summed E-state index contributed by atoms with van der Waals surface area (Å²) in [5.41, 5.74) is 7.95. The standard InChI is InChI=1S/C16H27FN2/c1-11(2)9-19(10-12(3)4)16-7-6-14(17)8-15(16)13(5)18/h6-8,11-13H,9-10,18H2,1-5H3. The normalized spacial score (nSPS) is 13.1. The molecule has 0 radical (unpaired) electrons. The number of halogens is 1. The van der Waals surface area contributed by atoms with Crippen LogP contribution in [0.3, 0.4) is 0 Å². The molecule has 2 nitrogen and oxygen atoms in total. The molecule has 19 heavy (non-hydrogen) atoms. The summed E-state index contributed by atoms with van der Waals surface area (Å²) in [6, 6.07) is 4.79. The fourth-order valence-corrected chi connectivity index (χ4v) is 2.33. The fraction of sp³-hybridized carbons (Fsp3) is 0.625. The molecule has 0 spiro atoms. The predicted molar refractivity (Wildman–Crippen MR) is 80.9 cm³/mol. The van der Waals surface area contributed by atoms with Crippen molar-refractivity contribution in [1.82, 2.24) is 0 Å². The lowest BCUT2D eigenvalue weighted by Crippen LogP contribution is -2.32. The van der Waals surface area contributed by atoms with E-state index in [1.165, 1.54) is 6.07 Å². The molecule has 1 aromatic rings. The Morgan fingerprint density at radius 3 is 2.00 bits per heavy atom. The van der Waals surface area contributed by atoms with Crippen molar-refractivity contribution in [3.05, 3.63) is 29.6 Å². The van der Waals surface area contributed by atoms with Crippen molar-refractivity contribution in [2.24, 2.45) is 17.6 Å². The van der Waals surface area contributed by atoms with E-state index in [0.717, 1.165) is 24.3 Å². The molecule has 0 aliphatic rings. The number of nitrogens with two attached hydrogens (primary N) is 1. The van der Waals surface area contributed by atoms with Crippen LogP contribution in [0.5, 0.6) is 0 Å². The van der Waals surface area contributed by atoms with Gasteiger partial charge < -0.3 is 10.6 Å². The number of nitrogens with zero attached hydrogens (tertiary/aromatic N) is 1. The van der Waals surface area contributed by atoms with Gasteiger partial charge in [-0.3, -0.25) is 0 Å². The first-order valence-corrected chi connectivity index (χ1v) is 7.11. The predicted octanol–water partition coefficient (Wildman–Crippen LogP) is 3.96. The highest BCUT2D eigenvalue weighted by molar-refractivity contribution is 5.55. The monoisotopic (exact) mass is 266 g/mol. The lowest BCUT2D eigenvalue weighted by molar-refractivity contribution is 0.549. The molecule has 0 fully saturated rings. The number of hydrogen-bond acceptors (Lipinski definition) is 2. The third-order valence-electron chi connectivity index (χ3n) is 2.99. The van der Waals surface area contributed by atoms with E-state index in [1.807, 2.05) is 13.0 Å². The zero-order valence-corrected chi connectivity index (χ0v) is 12.8. The summed E-state index contributed by atoms with van der Waals surface area (Å²) in [5, 5.41) is 0. The Bertz CT molecular complexity index is 390. The van der Waals surface area contributed by atoms with Gasteiger partial charge >= 0.3 is 0 Å². The summed E-state index contributed by atoms with van der Waals surface area (Å²) in [7, 11) is 0. The van der Waals surface area contributed by atoms with Crippen LogP contribution in [0.4, 0.5) is 10.1 Å². The highest BCUT2D eigenvalue weighted by atomic mass is 19.1. The molecule has 0 aliphatic carbocycles. The van der Waals surface area contributed by atoms with Gasteiger partial charge in [0.2, 0.25) is 0 Å². The second-order valence-electron chi connectivity index (χ2n) is 6.18. The topological polar surface area (TPSA) is 29.3 Å². The molecule has 0 heterocycles. The Balaban J connectivity index is 3.13. The van der Waals surface area contributed by atoms with Crippen molar-refractivity contribution >= 4 is 5.69 Å². The van der Waals surface area contributed by atoms with Gasteiger partial charge in [0.15, 0.2) is 0 Å². The lowest BCUT2D eigenvalue weighted by atomic mass is 10.0.